The van der Waals surface area contributed by atoms with Gasteiger partial charge in [0.25, 0.3) is 0 Å². The second-order valence-electron chi connectivity index (χ2n) is 6.12. The summed E-state index contributed by atoms with van der Waals surface area (Å²) in [6, 6.07) is -1.94. The summed E-state index contributed by atoms with van der Waals surface area (Å²) in [5, 5.41) is 2.35. The number of nitrogens with one attached hydrogen (secondary N) is 1. The molecule has 0 aromatic heterocycles. The van der Waals surface area contributed by atoms with Gasteiger partial charge in [0.1, 0.15) is 6.04 Å². The Kier molecular flexibility index (Phi) is 8.23. The van der Waals surface area contributed by atoms with E-state index in [4.69, 9.17) is 20.9 Å². The van der Waals surface area contributed by atoms with Gasteiger partial charge < -0.3 is 26.3 Å². The largest absolute Gasteiger partial charge is 0.427 e. The van der Waals surface area contributed by atoms with Crippen molar-refractivity contribution in [1.29, 1.82) is 0 Å². The predicted octanol–water partition coefficient (Wildman–Crippen LogP) is -0.826. The summed E-state index contributed by atoms with van der Waals surface area (Å²) >= 11 is 0. The molecule has 0 aliphatic rings. The minimum Gasteiger partial charge on any atom is -0.427 e. The summed E-state index contributed by atoms with van der Waals surface area (Å²) in [5.41, 5.74) is 9.69. The lowest BCUT2D eigenvalue weighted by atomic mass is 9.98. The molecule has 0 bridgehead atoms. The van der Waals surface area contributed by atoms with Crippen LogP contribution in [0.3, 0.4) is 0 Å². The van der Waals surface area contributed by atoms with Crippen LogP contribution in [-0.4, -0.2) is 42.6 Å². The zero-order valence-electron chi connectivity index (χ0n) is 13.9. The molecular formula is C14H25N3O6. The quantitative estimate of drug-likeness (QED) is 0.388. The van der Waals surface area contributed by atoms with Crippen LogP contribution in [0.5, 0.6) is 0 Å². The number of hydrogen-bond donors (Lipinski definition) is 3. The van der Waals surface area contributed by atoms with Crippen molar-refractivity contribution in [3.8, 4) is 0 Å². The van der Waals surface area contributed by atoms with Gasteiger partial charge in [0, 0.05) is 6.42 Å². The number of nitrogens with two attached hydrogens (primary N) is 2. The van der Waals surface area contributed by atoms with E-state index in [9.17, 15) is 19.2 Å². The topological polar surface area (TPSA) is 151 Å². The first-order valence-corrected chi connectivity index (χ1v) is 7.13. The molecule has 0 aromatic carbocycles. The summed E-state index contributed by atoms with van der Waals surface area (Å²) in [7, 11) is 0. The standard InChI is InChI=1S/C14H25N3O6/c1-8(15)11(19)17-9(5-6-10(16)18)12(20)22-7-23-13(21)14(2,3)4/h8-9H,5-7,15H2,1-4H3,(H2,16,18)(H,17,19)/t8-,9+/m0/s1. The van der Waals surface area contributed by atoms with Crippen molar-refractivity contribution in [2.75, 3.05) is 6.79 Å². The molecule has 0 fully saturated rings. The molecule has 2 amide bonds. The average molecular weight is 331 g/mol. The van der Waals surface area contributed by atoms with E-state index < -0.39 is 48.0 Å². The maximum atomic E-state index is 11.9. The molecule has 0 rings (SSSR count). The molecule has 0 spiro atoms. The molecule has 5 N–H and O–H groups in total. The Labute approximate surface area is 135 Å². The number of hydrogen-bond acceptors (Lipinski definition) is 7. The van der Waals surface area contributed by atoms with Gasteiger partial charge in [-0.3, -0.25) is 14.4 Å². The molecule has 0 heterocycles. The van der Waals surface area contributed by atoms with Gasteiger partial charge in [-0.25, -0.2) is 4.79 Å². The normalized spacial score (nSPS) is 13.6. The molecule has 0 unspecified atom stereocenters. The maximum absolute atomic E-state index is 11.9. The molecule has 132 valence electrons. The van der Waals surface area contributed by atoms with E-state index >= 15 is 0 Å². The molecule has 23 heavy (non-hydrogen) atoms. The molecule has 0 aliphatic carbocycles. The Morgan fingerprint density at radius 3 is 2.13 bits per heavy atom. The second kappa shape index (κ2) is 9.09. The summed E-state index contributed by atoms with van der Waals surface area (Å²) in [6.07, 6.45) is -0.166. The van der Waals surface area contributed by atoms with Crippen molar-refractivity contribution < 1.29 is 28.7 Å². The number of carbonyl (C=O) groups excluding carboxylic acids is 4. The Balaban J connectivity index is 4.57. The van der Waals surface area contributed by atoms with E-state index in [1.165, 1.54) is 6.92 Å². The molecule has 2 atom stereocenters. The van der Waals surface area contributed by atoms with Crippen molar-refractivity contribution in [2.45, 2.75) is 52.6 Å². The number of ether oxygens (including phenoxy) is 2. The van der Waals surface area contributed by atoms with Crippen molar-refractivity contribution in [2.24, 2.45) is 16.9 Å². The third-order valence-electron chi connectivity index (χ3n) is 2.70. The van der Waals surface area contributed by atoms with E-state index in [0.29, 0.717) is 0 Å². The van der Waals surface area contributed by atoms with Crippen LogP contribution >= 0.6 is 0 Å². The van der Waals surface area contributed by atoms with Gasteiger partial charge >= 0.3 is 11.9 Å². The molecule has 0 aromatic rings. The van der Waals surface area contributed by atoms with Gasteiger partial charge in [0.2, 0.25) is 18.6 Å². The minimum atomic E-state index is -1.10. The summed E-state index contributed by atoms with van der Waals surface area (Å²) in [6.45, 7) is 5.80. The monoisotopic (exact) mass is 331 g/mol. The Bertz CT molecular complexity index is 456. The fraction of sp³-hybridized carbons (Fsp3) is 0.714. The van der Waals surface area contributed by atoms with Crippen LogP contribution in [0.1, 0.15) is 40.5 Å². The number of primary amides is 1. The summed E-state index contributed by atoms with van der Waals surface area (Å²) in [4.78, 5) is 45.9. The predicted molar refractivity (Wildman–Crippen MR) is 80.5 cm³/mol. The Hall–Kier alpha value is -2.16. The Morgan fingerprint density at radius 2 is 1.70 bits per heavy atom. The molecule has 0 aliphatic heterocycles. The number of carbonyl (C=O) groups is 4. The average Bonchev–Trinajstić information content (AvgIpc) is 2.41. The maximum Gasteiger partial charge on any atom is 0.331 e. The molecule has 9 nitrogen and oxygen atoms in total. The van der Waals surface area contributed by atoms with Crippen molar-refractivity contribution in [3.05, 3.63) is 0 Å². The first-order valence-electron chi connectivity index (χ1n) is 7.13. The van der Waals surface area contributed by atoms with Gasteiger partial charge in [0.05, 0.1) is 11.5 Å². The van der Waals surface area contributed by atoms with Crippen LogP contribution in [0.15, 0.2) is 0 Å². The number of amides is 2. The zero-order valence-corrected chi connectivity index (χ0v) is 13.9. The highest BCUT2D eigenvalue weighted by molar-refractivity contribution is 5.87. The SMILES string of the molecule is C[C@H](N)C(=O)N[C@H](CCC(N)=O)C(=O)OCOC(=O)C(C)(C)C. The van der Waals surface area contributed by atoms with Crippen LogP contribution in [0.4, 0.5) is 0 Å². The highest BCUT2D eigenvalue weighted by Gasteiger charge is 2.26. The van der Waals surface area contributed by atoms with E-state index in [0.717, 1.165) is 0 Å². The van der Waals surface area contributed by atoms with E-state index in [1.54, 1.807) is 20.8 Å². The first-order chi connectivity index (χ1) is 10.4. The van der Waals surface area contributed by atoms with E-state index in [-0.39, 0.29) is 12.8 Å². The minimum absolute atomic E-state index is 0.0418. The lowest BCUT2D eigenvalue weighted by Gasteiger charge is -2.20. The highest BCUT2D eigenvalue weighted by atomic mass is 16.7. The van der Waals surface area contributed by atoms with Gasteiger partial charge in [-0.05, 0) is 34.1 Å². The van der Waals surface area contributed by atoms with E-state index in [1.807, 2.05) is 0 Å². The molecule has 0 saturated carbocycles. The first kappa shape index (κ1) is 20.8. The van der Waals surface area contributed by atoms with Gasteiger partial charge in [-0.15, -0.1) is 0 Å². The molecule has 0 saturated heterocycles. The summed E-state index contributed by atoms with van der Waals surface area (Å²) < 4.78 is 9.59. The van der Waals surface area contributed by atoms with Gasteiger partial charge in [-0.2, -0.15) is 0 Å². The Morgan fingerprint density at radius 1 is 1.13 bits per heavy atom. The molecule has 0 radical (unpaired) electrons. The van der Waals surface area contributed by atoms with Crippen LogP contribution in [0.25, 0.3) is 0 Å². The molecule has 9 heteroatoms. The summed E-state index contributed by atoms with van der Waals surface area (Å²) in [5.74, 6) is -2.60. The van der Waals surface area contributed by atoms with Crippen LogP contribution in [0.2, 0.25) is 0 Å². The van der Waals surface area contributed by atoms with Crippen LogP contribution in [-0.2, 0) is 28.7 Å². The van der Waals surface area contributed by atoms with Gasteiger partial charge in [-0.1, -0.05) is 0 Å². The second-order valence-corrected chi connectivity index (χ2v) is 6.12. The van der Waals surface area contributed by atoms with Crippen molar-refractivity contribution >= 4 is 23.8 Å². The lowest BCUT2D eigenvalue weighted by molar-refractivity contribution is -0.174. The van der Waals surface area contributed by atoms with Crippen LogP contribution in [0, 0.1) is 5.41 Å². The fourth-order valence-electron chi connectivity index (χ4n) is 1.30. The van der Waals surface area contributed by atoms with Gasteiger partial charge in [0.15, 0.2) is 0 Å². The third-order valence-corrected chi connectivity index (χ3v) is 2.70. The molecular weight excluding hydrogens is 306 g/mol. The van der Waals surface area contributed by atoms with E-state index in [2.05, 4.69) is 5.32 Å². The lowest BCUT2D eigenvalue weighted by Crippen LogP contribution is -2.48. The highest BCUT2D eigenvalue weighted by Crippen LogP contribution is 2.15. The van der Waals surface area contributed by atoms with Crippen LogP contribution < -0.4 is 16.8 Å². The zero-order chi connectivity index (χ0) is 18.2. The number of rotatable bonds is 8. The fourth-order valence-corrected chi connectivity index (χ4v) is 1.30. The van der Waals surface area contributed by atoms with Crippen molar-refractivity contribution in [3.63, 3.8) is 0 Å². The smallest absolute Gasteiger partial charge is 0.331 e. The van der Waals surface area contributed by atoms with Crippen molar-refractivity contribution in [1.82, 2.24) is 5.32 Å². The number of esters is 2. The third kappa shape index (κ3) is 8.77.